The van der Waals surface area contributed by atoms with Crippen LogP contribution in [0.4, 0.5) is 17.3 Å². The first-order valence-electron chi connectivity index (χ1n) is 13.4. The second kappa shape index (κ2) is 12.1. The zero-order valence-corrected chi connectivity index (χ0v) is 21.8. The molecule has 0 radical (unpaired) electrons. The number of anilines is 3. The summed E-state index contributed by atoms with van der Waals surface area (Å²) in [6.07, 6.45) is 2.42. The van der Waals surface area contributed by atoms with Crippen molar-refractivity contribution >= 4 is 34.9 Å². The number of benzene rings is 2. The third kappa shape index (κ3) is 6.43. The van der Waals surface area contributed by atoms with Crippen LogP contribution in [0.25, 0.3) is 0 Å². The van der Waals surface area contributed by atoms with Gasteiger partial charge in [-0.15, -0.1) is 0 Å². The molecule has 9 nitrogen and oxygen atoms in total. The van der Waals surface area contributed by atoms with Gasteiger partial charge in [0.05, 0.1) is 18.8 Å². The Kier molecular flexibility index (Phi) is 8.17. The fourth-order valence-corrected chi connectivity index (χ4v) is 5.14. The highest BCUT2D eigenvalue weighted by molar-refractivity contribution is 5.99. The van der Waals surface area contributed by atoms with Crippen LogP contribution in [-0.4, -0.2) is 66.9 Å². The highest BCUT2D eigenvalue weighted by Crippen LogP contribution is 2.28. The van der Waals surface area contributed by atoms with Crippen molar-refractivity contribution in [2.24, 2.45) is 11.7 Å². The number of nitrogens with two attached hydrogens (primary N) is 1. The number of amides is 2. The number of nitrogens with one attached hydrogen (secondary N) is 1. The number of hydrogen-bond acceptors (Lipinski definition) is 7. The molecule has 2 fully saturated rings. The number of piperidine rings is 1. The number of pyridine rings is 1. The van der Waals surface area contributed by atoms with Crippen LogP contribution in [-0.2, 0) is 4.74 Å². The molecule has 0 bridgehead atoms. The van der Waals surface area contributed by atoms with Crippen molar-refractivity contribution < 1.29 is 19.1 Å². The lowest BCUT2D eigenvalue weighted by atomic mass is 9.91. The van der Waals surface area contributed by atoms with Gasteiger partial charge in [-0.1, -0.05) is 30.3 Å². The molecule has 9 heteroatoms. The molecule has 0 spiro atoms. The highest BCUT2D eigenvalue weighted by atomic mass is 16.5. The molecule has 5 rings (SSSR count). The molecule has 2 aliphatic rings. The lowest BCUT2D eigenvalue weighted by Gasteiger charge is -2.33. The van der Waals surface area contributed by atoms with Crippen molar-refractivity contribution in [3.8, 4) is 0 Å². The second-order valence-electron chi connectivity index (χ2n) is 9.98. The Morgan fingerprint density at radius 1 is 0.923 bits per heavy atom. The molecule has 2 aliphatic heterocycles. The van der Waals surface area contributed by atoms with E-state index in [9.17, 15) is 14.4 Å². The van der Waals surface area contributed by atoms with Gasteiger partial charge in [-0.2, -0.15) is 0 Å². The first kappa shape index (κ1) is 26.4. The number of Topliss-reactive ketones (excluding diaryl/α,β-unsaturated/α-hetero) is 1. The van der Waals surface area contributed by atoms with Crippen LogP contribution in [0.3, 0.4) is 0 Å². The number of morpholine rings is 1. The molecule has 202 valence electrons. The predicted molar refractivity (Wildman–Crippen MR) is 150 cm³/mol. The topological polar surface area (TPSA) is 118 Å². The van der Waals surface area contributed by atoms with Crippen molar-refractivity contribution in [3.63, 3.8) is 0 Å². The summed E-state index contributed by atoms with van der Waals surface area (Å²) in [4.78, 5) is 46.4. The number of carbonyl (C=O) groups excluding carboxylic acids is 3. The predicted octanol–water partition coefficient (Wildman–Crippen LogP) is 3.89. The van der Waals surface area contributed by atoms with E-state index in [0.717, 1.165) is 30.8 Å². The van der Waals surface area contributed by atoms with E-state index in [2.05, 4.69) is 10.2 Å². The van der Waals surface area contributed by atoms with E-state index in [-0.39, 0.29) is 23.2 Å². The van der Waals surface area contributed by atoms with E-state index < -0.39 is 5.91 Å². The van der Waals surface area contributed by atoms with Gasteiger partial charge < -0.3 is 25.6 Å². The maximum atomic E-state index is 12.8. The van der Waals surface area contributed by atoms with Crippen LogP contribution >= 0.6 is 0 Å². The monoisotopic (exact) mass is 527 g/mol. The van der Waals surface area contributed by atoms with Crippen LogP contribution < -0.4 is 16.0 Å². The molecule has 2 amide bonds. The van der Waals surface area contributed by atoms with E-state index in [1.54, 1.807) is 41.3 Å². The van der Waals surface area contributed by atoms with Gasteiger partial charge in [0.1, 0.15) is 11.6 Å². The van der Waals surface area contributed by atoms with Gasteiger partial charge in [0.15, 0.2) is 5.78 Å². The van der Waals surface area contributed by atoms with E-state index >= 15 is 0 Å². The number of aromatic nitrogens is 1. The minimum absolute atomic E-state index is 0.0341. The van der Waals surface area contributed by atoms with Gasteiger partial charge in [0, 0.05) is 49.4 Å². The molecule has 0 aliphatic carbocycles. The molecule has 0 unspecified atom stereocenters. The molecule has 3 heterocycles. The third-order valence-electron chi connectivity index (χ3n) is 7.25. The number of primary amides is 1. The Balaban J connectivity index is 1.29. The van der Waals surface area contributed by atoms with Gasteiger partial charge in [0.25, 0.3) is 11.8 Å². The average molecular weight is 528 g/mol. The van der Waals surface area contributed by atoms with Crippen molar-refractivity contribution in [1.82, 2.24) is 9.88 Å². The number of rotatable bonds is 8. The van der Waals surface area contributed by atoms with Gasteiger partial charge in [-0.3, -0.25) is 14.4 Å². The number of nitrogens with zero attached hydrogens (tertiary/aromatic N) is 3. The normalized spacial score (nSPS) is 17.5. The second-order valence-corrected chi connectivity index (χ2v) is 9.98. The Labute approximate surface area is 228 Å². The SMILES string of the molecule is NC(=O)c1ccc(N2CCC[C@@H](CC(=O)c3ccccc3)C2)nc1Nc1ccc(C(=O)N2CCOCC2)cc1. The smallest absolute Gasteiger partial charge is 0.254 e. The molecule has 3 N–H and O–H groups in total. The van der Waals surface area contributed by atoms with Gasteiger partial charge in [-0.25, -0.2) is 4.98 Å². The molecule has 1 aromatic heterocycles. The summed E-state index contributed by atoms with van der Waals surface area (Å²) >= 11 is 0. The maximum Gasteiger partial charge on any atom is 0.254 e. The first-order chi connectivity index (χ1) is 19.0. The average Bonchev–Trinajstić information content (AvgIpc) is 2.98. The van der Waals surface area contributed by atoms with E-state index in [1.165, 1.54) is 0 Å². The minimum Gasteiger partial charge on any atom is -0.378 e. The Hall–Kier alpha value is -4.24. The standard InChI is InChI=1S/C30H33N5O4/c31-28(37)25-12-13-27(35-14-4-5-21(20-35)19-26(36)22-6-2-1-3-7-22)33-29(25)32-24-10-8-23(9-11-24)30(38)34-15-17-39-18-16-34/h1-3,6-13,21H,4-5,14-20H2,(H2,31,37)(H,32,33)/t21-/m0/s1. The van der Waals surface area contributed by atoms with Crippen LogP contribution in [0.15, 0.2) is 66.7 Å². The lowest BCUT2D eigenvalue weighted by molar-refractivity contribution is 0.0303. The summed E-state index contributed by atoms with van der Waals surface area (Å²) in [7, 11) is 0. The third-order valence-corrected chi connectivity index (χ3v) is 7.25. The molecule has 3 aromatic rings. The molecule has 2 saturated heterocycles. The fraction of sp³-hybridized carbons (Fsp3) is 0.333. The lowest BCUT2D eigenvalue weighted by Crippen LogP contribution is -2.40. The van der Waals surface area contributed by atoms with Gasteiger partial charge in [-0.05, 0) is 55.2 Å². The molecule has 39 heavy (non-hydrogen) atoms. The zero-order valence-electron chi connectivity index (χ0n) is 21.8. The quantitative estimate of drug-likeness (QED) is 0.427. The minimum atomic E-state index is -0.583. The molecule has 2 aromatic carbocycles. The largest absolute Gasteiger partial charge is 0.378 e. The number of ketones is 1. The van der Waals surface area contributed by atoms with Crippen molar-refractivity contribution in [3.05, 3.63) is 83.4 Å². The maximum absolute atomic E-state index is 12.8. The fourth-order valence-electron chi connectivity index (χ4n) is 5.14. The summed E-state index contributed by atoms with van der Waals surface area (Å²) in [5.74, 6) is 0.830. The summed E-state index contributed by atoms with van der Waals surface area (Å²) in [6, 6.07) is 20.0. The molecular weight excluding hydrogens is 494 g/mol. The zero-order chi connectivity index (χ0) is 27.2. The summed E-state index contributed by atoms with van der Waals surface area (Å²) in [6.45, 7) is 3.77. The van der Waals surface area contributed by atoms with Crippen molar-refractivity contribution in [1.29, 1.82) is 0 Å². The van der Waals surface area contributed by atoms with Crippen LogP contribution in [0.5, 0.6) is 0 Å². The summed E-state index contributed by atoms with van der Waals surface area (Å²) in [5.41, 5.74) is 7.93. The van der Waals surface area contributed by atoms with Gasteiger partial charge in [0.2, 0.25) is 0 Å². The van der Waals surface area contributed by atoms with Gasteiger partial charge >= 0.3 is 0 Å². The number of carbonyl (C=O) groups is 3. The van der Waals surface area contributed by atoms with E-state index in [0.29, 0.717) is 56.3 Å². The molecule has 1 atom stereocenters. The highest BCUT2D eigenvalue weighted by Gasteiger charge is 2.25. The Morgan fingerprint density at radius 2 is 1.67 bits per heavy atom. The van der Waals surface area contributed by atoms with E-state index in [1.807, 2.05) is 30.3 Å². The Morgan fingerprint density at radius 3 is 2.38 bits per heavy atom. The van der Waals surface area contributed by atoms with Crippen molar-refractivity contribution in [2.75, 3.05) is 49.6 Å². The summed E-state index contributed by atoms with van der Waals surface area (Å²) in [5, 5.41) is 3.21. The van der Waals surface area contributed by atoms with Crippen LogP contribution in [0.1, 0.15) is 50.3 Å². The first-order valence-corrected chi connectivity index (χ1v) is 13.4. The van der Waals surface area contributed by atoms with E-state index in [4.69, 9.17) is 15.5 Å². The summed E-state index contributed by atoms with van der Waals surface area (Å²) < 4.78 is 5.33. The molecular formula is C30H33N5O4. The van der Waals surface area contributed by atoms with Crippen LogP contribution in [0.2, 0.25) is 0 Å². The number of ether oxygens (including phenoxy) is 1. The molecule has 0 saturated carbocycles. The number of hydrogen-bond donors (Lipinski definition) is 2. The van der Waals surface area contributed by atoms with Crippen molar-refractivity contribution in [2.45, 2.75) is 19.3 Å². The Bertz CT molecular complexity index is 1320. The van der Waals surface area contributed by atoms with Crippen LogP contribution in [0, 0.1) is 5.92 Å².